The number of aliphatic imine (C=N–C) groups is 1. The lowest BCUT2D eigenvalue weighted by atomic mass is 10.2. The van der Waals surface area contributed by atoms with Crippen LogP contribution < -0.4 is 15.0 Å². The molecule has 0 amide bonds. The third-order valence-electron chi connectivity index (χ3n) is 4.38. The Morgan fingerprint density at radius 1 is 1.11 bits per heavy atom. The number of aromatic amines is 2. The maximum atomic E-state index is 12.9. The van der Waals surface area contributed by atoms with Crippen molar-refractivity contribution in [1.29, 1.82) is 0 Å². The number of hydrogen-bond acceptors (Lipinski definition) is 5. The van der Waals surface area contributed by atoms with Gasteiger partial charge in [0, 0.05) is 30.1 Å². The summed E-state index contributed by atoms with van der Waals surface area (Å²) in [5.74, 6) is 1.67. The zero-order valence-electron chi connectivity index (χ0n) is 15.7. The Morgan fingerprint density at radius 2 is 1.82 bits per heavy atom. The molecule has 8 heteroatoms. The van der Waals surface area contributed by atoms with Crippen molar-refractivity contribution in [2.45, 2.75) is 6.92 Å². The molecule has 2 heterocycles. The largest absolute Gasteiger partial charge is 0.497 e. The Bertz CT molecular complexity index is 1180. The van der Waals surface area contributed by atoms with Gasteiger partial charge in [-0.25, -0.2) is 4.98 Å². The van der Waals surface area contributed by atoms with Gasteiger partial charge in [-0.15, -0.1) is 0 Å². The molecule has 4 aromatic rings. The van der Waals surface area contributed by atoms with E-state index >= 15 is 0 Å². The highest BCUT2D eigenvalue weighted by atomic mass is 16.5. The molecule has 4 rings (SSSR count). The highest BCUT2D eigenvalue weighted by Gasteiger charge is 2.13. The van der Waals surface area contributed by atoms with E-state index in [4.69, 9.17) is 9.47 Å². The molecule has 0 atom stereocenters. The summed E-state index contributed by atoms with van der Waals surface area (Å²) in [6.45, 7) is 1.81. The molecule has 0 unspecified atom stereocenters. The molecule has 28 heavy (non-hydrogen) atoms. The monoisotopic (exact) mass is 377 g/mol. The molecule has 0 aliphatic carbocycles. The predicted octanol–water partition coefficient (Wildman–Crippen LogP) is 3.12. The van der Waals surface area contributed by atoms with Gasteiger partial charge in [0.25, 0.3) is 5.56 Å². The van der Waals surface area contributed by atoms with Gasteiger partial charge in [-0.05, 0) is 19.1 Å². The van der Waals surface area contributed by atoms with Crippen molar-refractivity contribution in [1.82, 2.24) is 19.7 Å². The molecule has 2 aromatic carbocycles. The van der Waals surface area contributed by atoms with E-state index in [9.17, 15) is 4.79 Å². The first-order chi connectivity index (χ1) is 13.6. The number of ether oxygens (including phenoxy) is 2. The molecule has 142 valence electrons. The summed E-state index contributed by atoms with van der Waals surface area (Å²) in [7, 11) is 3.15. The van der Waals surface area contributed by atoms with Crippen LogP contribution in [0.5, 0.6) is 11.5 Å². The van der Waals surface area contributed by atoms with Crippen LogP contribution in [0.4, 0.5) is 5.69 Å². The van der Waals surface area contributed by atoms with Crippen molar-refractivity contribution in [3.05, 3.63) is 64.1 Å². The van der Waals surface area contributed by atoms with Gasteiger partial charge in [0.15, 0.2) is 0 Å². The van der Waals surface area contributed by atoms with E-state index in [1.165, 1.54) is 10.9 Å². The van der Waals surface area contributed by atoms with E-state index in [1.807, 2.05) is 31.2 Å². The maximum absolute atomic E-state index is 12.9. The number of aromatic nitrogens is 4. The Kier molecular flexibility index (Phi) is 4.44. The molecule has 0 saturated carbocycles. The lowest BCUT2D eigenvalue weighted by molar-refractivity contribution is 0.394. The molecule has 0 fully saturated rings. The van der Waals surface area contributed by atoms with Crippen LogP contribution in [0.2, 0.25) is 0 Å². The molecule has 2 N–H and O–H groups in total. The van der Waals surface area contributed by atoms with Crippen LogP contribution in [0.1, 0.15) is 11.3 Å². The smallest absolute Gasteiger partial charge is 0.282 e. The van der Waals surface area contributed by atoms with Crippen molar-refractivity contribution in [2.75, 3.05) is 14.2 Å². The number of nitrogens with zero attached hydrogens (tertiary/aromatic N) is 3. The average Bonchev–Trinajstić information content (AvgIpc) is 3.26. The van der Waals surface area contributed by atoms with Gasteiger partial charge in [-0.1, -0.05) is 12.1 Å². The number of imidazole rings is 1. The minimum Gasteiger partial charge on any atom is -0.497 e. The summed E-state index contributed by atoms with van der Waals surface area (Å²) < 4.78 is 11.9. The Balaban J connectivity index is 1.72. The molecular weight excluding hydrogens is 358 g/mol. The van der Waals surface area contributed by atoms with Gasteiger partial charge in [-0.2, -0.15) is 4.68 Å². The summed E-state index contributed by atoms with van der Waals surface area (Å²) in [6.07, 6.45) is 1.53. The molecular formula is C20H19N5O3. The first-order valence-corrected chi connectivity index (χ1v) is 8.63. The van der Waals surface area contributed by atoms with Crippen molar-refractivity contribution in [3.8, 4) is 17.4 Å². The molecule has 0 aliphatic rings. The third-order valence-corrected chi connectivity index (χ3v) is 4.38. The standard InChI is InChI=1S/C20H19N5O3/c1-12-16(11-21-13-8-14(27-2)10-15(9-13)28-3)19(26)25(24-12)20-22-17-6-4-5-7-18(17)23-20/h4-11,24H,1-3H3,(H,22,23). The Hall–Kier alpha value is -3.81. The Labute approximate surface area is 160 Å². The van der Waals surface area contributed by atoms with E-state index in [2.05, 4.69) is 20.1 Å². The zero-order chi connectivity index (χ0) is 19.7. The number of benzene rings is 2. The van der Waals surface area contributed by atoms with Crippen molar-refractivity contribution >= 4 is 22.9 Å². The fourth-order valence-electron chi connectivity index (χ4n) is 2.91. The number of hydrogen-bond donors (Lipinski definition) is 2. The summed E-state index contributed by atoms with van der Waals surface area (Å²) >= 11 is 0. The van der Waals surface area contributed by atoms with Crippen LogP contribution in [0, 0.1) is 6.92 Å². The van der Waals surface area contributed by atoms with Gasteiger partial charge in [0.1, 0.15) is 11.5 Å². The van der Waals surface area contributed by atoms with Gasteiger partial charge in [0.2, 0.25) is 5.95 Å². The van der Waals surface area contributed by atoms with Gasteiger partial charge in [0.05, 0.1) is 36.5 Å². The number of rotatable bonds is 5. The fraction of sp³-hybridized carbons (Fsp3) is 0.150. The second kappa shape index (κ2) is 7.07. The van der Waals surface area contributed by atoms with E-state index in [1.54, 1.807) is 32.4 Å². The maximum Gasteiger partial charge on any atom is 0.282 e. The first-order valence-electron chi connectivity index (χ1n) is 8.63. The highest BCUT2D eigenvalue weighted by molar-refractivity contribution is 5.83. The molecule has 0 aliphatic heterocycles. The minimum absolute atomic E-state index is 0.241. The van der Waals surface area contributed by atoms with E-state index in [0.29, 0.717) is 34.4 Å². The summed E-state index contributed by atoms with van der Waals surface area (Å²) in [6, 6.07) is 12.9. The second-order valence-electron chi connectivity index (χ2n) is 6.20. The number of aryl methyl sites for hydroxylation is 1. The normalized spacial score (nSPS) is 11.4. The number of fused-ring (bicyclic) bond motifs is 1. The van der Waals surface area contributed by atoms with Crippen LogP contribution in [0.25, 0.3) is 17.0 Å². The van der Waals surface area contributed by atoms with Crippen LogP contribution in [-0.4, -0.2) is 40.2 Å². The first kappa shape index (κ1) is 17.6. The van der Waals surface area contributed by atoms with E-state index < -0.39 is 0 Å². The Morgan fingerprint density at radius 3 is 2.50 bits per heavy atom. The second-order valence-corrected chi connectivity index (χ2v) is 6.20. The molecule has 0 radical (unpaired) electrons. The highest BCUT2D eigenvalue weighted by Crippen LogP contribution is 2.27. The molecule has 0 spiro atoms. The fourth-order valence-corrected chi connectivity index (χ4v) is 2.91. The average molecular weight is 377 g/mol. The quantitative estimate of drug-likeness (QED) is 0.522. The lowest BCUT2D eigenvalue weighted by Gasteiger charge is -2.05. The summed E-state index contributed by atoms with van der Waals surface area (Å²) in [4.78, 5) is 24.9. The van der Waals surface area contributed by atoms with Crippen molar-refractivity contribution in [3.63, 3.8) is 0 Å². The minimum atomic E-state index is -0.241. The topological polar surface area (TPSA) is 97.3 Å². The number of nitrogens with one attached hydrogen (secondary N) is 2. The van der Waals surface area contributed by atoms with Gasteiger partial charge >= 0.3 is 0 Å². The molecule has 0 saturated heterocycles. The predicted molar refractivity (Wildman–Crippen MR) is 108 cm³/mol. The van der Waals surface area contributed by atoms with Gasteiger partial charge in [-0.3, -0.25) is 14.9 Å². The molecule has 2 aromatic heterocycles. The van der Waals surface area contributed by atoms with Crippen molar-refractivity contribution < 1.29 is 9.47 Å². The summed E-state index contributed by atoms with van der Waals surface area (Å²) in [5, 5.41) is 3.04. The number of para-hydroxylation sites is 2. The number of H-pyrrole nitrogens is 2. The van der Waals surface area contributed by atoms with Crippen LogP contribution in [-0.2, 0) is 0 Å². The van der Waals surface area contributed by atoms with Gasteiger partial charge < -0.3 is 14.5 Å². The molecule has 0 bridgehead atoms. The van der Waals surface area contributed by atoms with E-state index in [0.717, 1.165) is 11.0 Å². The van der Waals surface area contributed by atoms with E-state index in [-0.39, 0.29) is 5.56 Å². The van der Waals surface area contributed by atoms with Crippen molar-refractivity contribution in [2.24, 2.45) is 4.99 Å². The number of methoxy groups -OCH3 is 2. The third kappa shape index (κ3) is 3.16. The van der Waals surface area contributed by atoms with Crippen LogP contribution in [0.3, 0.4) is 0 Å². The van der Waals surface area contributed by atoms with Crippen LogP contribution in [0.15, 0.2) is 52.3 Å². The summed E-state index contributed by atoms with van der Waals surface area (Å²) in [5.41, 5.74) is 3.15. The SMILES string of the molecule is COc1cc(N=Cc2c(C)[nH]n(-c3nc4ccccc4[nH]3)c2=O)cc(OC)c1. The lowest BCUT2D eigenvalue weighted by Crippen LogP contribution is -2.18. The zero-order valence-corrected chi connectivity index (χ0v) is 15.7. The van der Waals surface area contributed by atoms with Crippen LogP contribution >= 0.6 is 0 Å². The molecule has 8 nitrogen and oxygen atoms in total.